The number of rotatable bonds is 0. The standard InChI is InChI=1S/C7H6FN3/c8-6-5(9)1-3-11-4-2-10-7(6)11/h1-4H,9H2. The predicted octanol–water partition coefficient (Wildman–Crippen LogP) is 1.06. The first-order chi connectivity index (χ1) is 5.29. The minimum atomic E-state index is -0.461. The van der Waals surface area contributed by atoms with E-state index in [0.29, 0.717) is 0 Å². The molecule has 0 aliphatic heterocycles. The van der Waals surface area contributed by atoms with Gasteiger partial charge in [-0.1, -0.05) is 0 Å². The third kappa shape index (κ3) is 0.756. The number of nitrogens with zero attached hydrogens (tertiary/aromatic N) is 2. The molecular weight excluding hydrogens is 145 g/mol. The fourth-order valence-electron chi connectivity index (χ4n) is 0.966. The van der Waals surface area contributed by atoms with Crippen LogP contribution in [0, 0.1) is 5.82 Å². The van der Waals surface area contributed by atoms with E-state index in [1.54, 1.807) is 16.8 Å². The van der Waals surface area contributed by atoms with E-state index in [1.807, 2.05) is 0 Å². The summed E-state index contributed by atoms with van der Waals surface area (Å²) in [6, 6.07) is 1.50. The molecule has 0 amide bonds. The van der Waals surface area contributed by atoms with Crippen molar-refractivity contribution in [3.63, 3.8) is 0 Å². The van der Waals surface area contributed by atoms with Gasteiger partial charge in [-0.3, -0.25) is 0 Å². The highest BCUT2D eigenvalue weighted by molar-refractivity contribution is 5.53. The SMILES string of the molecule is Nc1ccn2ccnc2c1F. The van der Waals surface area contributed by atoms with Crippen molar-refractivity contribution in [2.75, 3.05) is 5.73 Å². The summed E-state index contributed by atoms with van der Waals surface area (Å²) in [6.07, 6.45) is 4.86. The molecule has 0 aliphatic rings. The van der Waals surface area contributed by atoms with Gasteiger partial charge in [0.25, 0.3) is 0 Å². The molecule has 2 N–H and O–H groups in total. The van der Waals surface area contributed by atoms with Crippen molar-refractivity contribution in [1.29, 1.82) is 0 Å². The molecule has 11 heavy (non-hydrogen) atoms. The average molecular weight is 151 g/mol. The highest BCUT2D eigenvalue weighted by Gasteiger charge is 2.03. The van der Waals surface area contributed by atoms with Crippen LogP contribution in [0.2, 0.25) is 0 Å². The Morgan fingerprint density at radius 1 is 1.45 bits per heavy atom. The lowest BCUT2D eigenvalue weighted by molar-refractivity contribution is 0.634. The van der Waals surface area contributed by atoms with E-state index in [4.69, 9.17) is 5.73 Å². The molecule has 2 aromatic heterocycles. The Bertz CT molecular complexity index is 393. The molecule has 0 unspecified atom stereocenters. The number of halogens is 1. The minimum absolute atomic E-state index is 0.128. The normalized spacial score (nSPS) is 10.6. The Kier molecular flexibility index (Phi) is 1.09. The van der Waals surface area contributed by atoms with Gasteiger partial charge in [0.15, 0.2) is 11.5 Å². The van der Waals surface area contributed by atoms with E-state index in [2.05, 4.69) is 4.98 Å². The lowest BCUT2D eigenvalue weighted by Crippen LogP contribution is -1.94. The molecule has 0 spiro atoms. The van der Waals surface area contributed by atoms with Crippen molar-refractivity contribution in [2.24, 2.45) is 0 Å². The van der Waals surface area contributed by atoms with Gasteiger partial charge in [-0.2, -0.15) is 0 Å². The summed E-state index contributed by atoms with van der Waals surface area (Å²) in [4.78, 5) is 3.79. The van der Waals surface area contributed by atoms with Crippen LogP contribution < -0.4 is 5.73 Å². The molecule has 0 fully saturated rings. The summed E-state index contributed by atoms with van der Waals surface area (Å²) in [7, 11) is 0. The highest BCUT2D eigenvalue weighted by atomic mass is 19.1. The van der Waals surface area contributed by atoms with E-state index in [0.717, 1.165) is 0 Å². The molecule has 0 aliphatic carbocycles. The fourth-order valence-corrected chi connectivity index (χ4v) is 0.966. The van der Waals surface area contributed by atoms with Crippen LogP contribution in [-0.4, -0.2) is 9.38 Å². The number of pyridine rings is 1. The zero-order valence-corrected chi connectivity index (χ0v) is 5.66. The van der Waals surface area contributed by atoms with Gasteiger partial charge in [-0.05, 0) is 6.07 Å². The monoisotopic (exact) mass is 151 g/mol. The number of imidazole rings is 1. The number of nitrogen functional groups attached to an aromatic ring is 1. The Labute approximate surface area is 62.3 Å². The van der Waals surface area contributed by atoms with Crippen molar-refractivity contribution in [2.45, 2.75) is 0 Å². The second-order valence-corrected chi connectivity index (χ2v) is 2.24. The summed E-state index contributed by atoms with van der Waals surface area (Å²) in [5.74, 6) is -0.461. The number of nitrogens with two attached hydrogens (primary N) is 1. The largest absolute Gasteiger partial charge is 0.396 e. The van der Waals surface area contributed by atoms with Gasteiger partial charge in [0, 0.05) is 18.6 Å². The lowest BCUT2D eigenvalue weighted by atomic mass is 10.4. The molecule has 2 heterocycles. The second kappa shape index (κ2) is 1.95. The van der Waals surface area contributed by atoms with E-state index in [1.165, 1.54) is 12.3 Å². The zero-order valence-electron chi connectivity index (χ0n) is 5.66. The van der Waals surface area contributed by atoms with Gasteiger partial charge in [-0.25, -0.2) is 9.37 Å². The van der Waals surface area contributed by atoms with Gasteiger partial charge < -0.3 is 10.1 Å². The number of aromatic nitrogens is 2. The number of hydrogen-bond donors (Lipinski definition) is 1. The molecule has 0 saturated heterocycles. The van der Waals surface area contributed by atoms with Crippen LogP contribution >= 0.6 is 0 Å². The Morgan fingerprint density at radius 3 is 3.09 bits per heavy atom. The highest BCUT2D eigenvalue weighted by Crippen LogP contribution is 2.13. The van der Waals surface area contributed by atoms with E-state index < -0.39 is 5.82 Å². The van der Waals surface area contributed by atoms with E-state index in [9.17, 15) is 4.39 Å². The third-order valence-corrected chi connectivity index (χ3v) is 1.53. The molecule has 0 aromatic carbocycles. The maximum atomic E-state index is 13.0. The van der Waals surface area contributed by atoms with Gasteiger partial charge in [0.1, 0.15) is 0 Å². The topological polar surface area (TPSA) is 43.3 Å². The van der Waals surface area contributed by atoms with Crippen molar-refractivity contribution < 1.29 is 4.39 Å². The first-order valence-electron chi connectivity index (χ1n) is 3.15. The first-order valence-corrected chi connectivity index (χ1v) is 3.15. The quantitative estimate of drug-likeness (QED) is 0.611. The maximum Gasteiger partial charge on any atom is 0.189 e. The summed E-state index contributed by atoms with van der Waals surface area (Å²) < 4.78 is 14.6. The lowest BCUT2D eigenvalue weighted by Gasteiger charge is -1.96. The van der Waals surface area contributed by atoms with Crippen molar-refractivity contribution in [1.82, 2.24) is 9.38 Å². The minimum Gasteiger partial charge on any atom is -0.396 e. The average Bonchev–Trinajstić information content (AvgIpc) is 2.45. The van der Waals surface area contributed by atoms with E-state index in [-0.39, 0.29) is 11.3 Å². The van der Waals surface area contributed by atoms with Crippen LogP contribution in [-0.2, 0) is 0 Å². The zero-order chi connectivity index (χ0) is 7.84. The number of fused-ring (bicyclic) bond motifs is 1. The fraction of sp³-hybridized carbons (Fsp3) is 0. The molecule has 2 aromatic rings. The van der Waals surface area contributed by atoms with Crippen LogP contribution in [0.1, 0.15) is 0 Å². The summed E-state index contributed by atoms with van der Waals surface area (Å²) in [5, 5.41) is 0. The van der Waals surface area contributed by atoms with E-state index >= 15 is 0 Å². The van der Waals surface area contributed by atoms with Crippen LogP contribution in [0.15, 0.2) is 24.7 Å². The van der Waals surface area contributed by atoms with Gasteiger partial charge in [0.05, 0.1) is 5.69 Å². The molecule has 4 heteroatoms. The van der Waals surface area contributed by atoms with Crippen LogP contribution in [0.25, 0.3) is 5.65 Å². The summed E-state index contributed by atoms with van der Waals surface area (Å²) in [5.41, 5.74) is 5.71. The second-order valence-electron chi connectivity index (χ2n) is 2.24. The Balaban J connectivity index is 2.93. The molecule has 0 atom stereocenters. The Morgan fingerprint density at radius 2 is 2.27 bits per heavy atom. The number of anilines is 1. The van der Waals surface area contributed by atoms with Crippen molar-refractivity contribution in [3.05, 3.63) is 30.5 Å². The van der Waals surface area contributed by atoms with Crippen molar-refractivity contribution >= 4 is 11.3 Å². The summed E-state index contributed by atoms with van der Waals surface area (Å²) >= 11 is 0. The van der Waals surface area contributed by atoms with Gasteiger partial charge in [0.2, 0.25) is 0 Å². The molecular formula is C7H6FN3. The predicted molar refractivity (Wildman–Crippen MR) is 39.6 cm³/mol. The molecule has 0 radical (unpaired) electrons. The molecule has 2 rings (SSSR count). The first kappa shape index (κ1) is 6.15. The van der Waals surface area contributed by atoms with Crippen LogP contribution in [0.4, 0.5) is 10.1 Å². The third-order valence-electron chi connectivity index (χ3n) is 1.53. The van der Waals surface area contributed by atoms with Crippen LogP contribution in [0.3, 0.4) is 0 Å². The van der Waals surface area contributed by atoms with Crippen LogP contribution in [0.5, 0.6) is 0 Å². The number of hydrogen-bond acceptors (Lipinski definition) is 2. The maximum absolute atomic E-state index is 13.0. The molecule has 0 bridgehead atoms. The van der Waals surface area contributed by atoms with Gasteiger partial charge >= 0.3 is 0 Å². The molecule has 56 valence electrons. The van der Waals surface area contributed by atoms with Crippen molar-refractivity contribution in [3.8, 4) is 0 Å². The van der Waals surface area contributed by atoms with Gasteiger partial charge in [-0.15, -0.1) is 0 Å². The molecule has 0 saturated carbocycles. The summed E-state index contributed by atoms with van der Waals surface area (Å²) in [6.45, 7) is 0. The smallest absolute Gasteiger partial charge is 0.189 e. The molecule has 3 nitrogen and oxygen atoms in total. The Hall–Kier alpha value is -1.58.